The number of aromatic nitrogens is 2. The Morgan fingerprint density at radius 2 is 1.96 bits per heavy atom. The molecule has 2 saturated heterocycles. The summed E-state index contributed by atoms with van der Waals surface area (Å²) in [5.74, 6) is 0.571. The lowest BCUT2D eigenvalue weighted by Crippen LogP contribution is -2.47. The van der Waals surface area contributed by atoms with E-state index in [1.54, 1.807) is 37.5 Å². The van der Waals surface area contributed by atoms with Crippen molar-refractivity contribution in [3.05, 3.63) is 18.5 Å². The zero-order chi connectivity index (χ0) is 18.2. The third kappa shape index (κ3) is 3.35. The van der Waals surface area contributed by atoms with Gasteiger partial charge in [0.15, 0.2) is 0 Å². The molecule has 2 atom stereocenters. The predicted molar refractivity (Wildman–Crippen MR) is 94.5 cm³/mol. The van der Waals surface area contributed by atoms with E-state index < -0.39 is 15.4 Å². The maximum absolute atomic E-state index is 13.1. The van der Waals surface area contributed by atoms with E-state index in [0.717, 1.165) is 0 Å². The molecule has 0 aliphatic carbocycles. The maximum atomic E-state index is 13.1. The lowest BCUT2D eigenvalue weighted by Gasteiger charge is -2.34. The standard InChI is InChI=1S/C16H25N5O3S/c1-19(2)14(22)16-6-4-9-21(25(3,23)24)11-13(16)10-20(12-16)15-17-7-5-8-18-15/h5,7-8,13H,4,6,9-12H2,1-3H3/t13-,16+/m0/s1. The summed E-state index contributed by atoms with van der Waals surface area (Å²) in [5.41, 5.74) is -0.595. The first-order valence-corrected chi connectivity index (χ1v) is 10.3. The van der Waals surface area contributed by atoms with Gasteiger partial charge in [-0.05, 0) is 18.9 Å². The Hall–Kier alpha value is -1.74. The van der Waals surface area contributed by atoms with E-state index in [4.69, 9.17) is 0 Å². The molecule has 2 fully saturated rings. The predicted octanol–water partition coefficient (Wildman–Crippen LogP) is 0.0428. The lowest BCUT2D eigenvalue weighted by molar-refractivity contribution is -0.141. The summed E-state index contributed by atoms with van der Waals surface area (Å²) >= 11 is 0. The highest BCUT2D eigenvalue weighted by Crippen LogP contribution is 2.44. The van der Waals surface area contributed by atoms with Gasteiger partial charge in [-0.1, -0.05) is 0 Å². The van der Waals surface area contributed by atoms with Gasteiger partial charge < -0.3 is 9.80 Å². The van der Waals surface area contributed by atoms with E-state index in [-0.39, 0.29) is 11.8 Å². The fraction of sp³-hybridized carbons (Fsp3) is 0.688. The molecule has 1 aromatic heterocycles. The Balaban J connectivity index is 1.97. The third-order valence-corrected chi connectivity index (χ3v) is 6.56. The van der Waals surface area contributed by atoms with Crippen molar-refractivity contribution >= 4 is 21.9 Å². The van der Waals surface area contributed by atoms with Crippen molar-refractivity contribution in [3.8, 4) is 0 Å². The summed E-state index contributed by atoms with van der Waals surface area (Å²) in [4.78, 5) is 25.3. The normalized spacial score (nSPS) is 27.6. The average molecular weight is 367 g/mol. The van der Waals surface area contributed by atoms with E-state index in [0.29, 0.717) is 45.0 Å². The number of sulfonamides is 1. The molecular weight excluding hydrogens is 342 g/mol. The van der Waals surface area contributed by atoms with Gasteiger partial charge in [-0.15, -0.1) is 0 Å². The van der Waals surface area contributed by atoms with Crippen LogP contribution in [0.3, 0.4) is 0 Å². The Kier molecular flexibility index (Phi) is 4.72. The van der Waals surface area contributed by atoms with Crippen molar-refractivity contribution in [2.24, 2.45) is 11.3 Å². The first-order valence-electron chi connectivity index (χ1n) is 8.43. The Morgan fingerprint density at radius 3 is 2.56 bits per heavy atom. The molecule has 0 N–H and O–H groups in total. The molecule has 0 bridgehead atoms. The van der Waals surface area contributed by atoms with Crippen LogP contribution in [0.25, 0.3) is 0 Å². The first kappa shape index (κ1) is 18.1. The van der Waals surface area contributed by atoms with Gasteiger partial charge in [-0.3, -0.25) is 4.79 Å². The topological polar surface area (TPSA) is 86.7 Å². The van der Waals surface area contributed by atoms with Crippen molar-refractivity contribution < 1.29 is 13.2 Å². The third-order valence-electron chi connectivity index (χ3n) is 5.29. The summed E-state index contributed by atoms with van der Waals surface area (Å²) in [6, 6.07) is 1.75. The van der Waals surface area contributed by atoms with Gasteiger partial charge in [-0.25, -0.2) is 22.7 Å². The van der Waals surface area contributed by atoms with Gasteiger partial charge in [0.1, 0.15) is 0 Å². The summed E-state index contributed by atoms with van der Waals surface area (Å²) in [6.45, 7) is 1.94. The van der Waals surface area contributed by atoms with Crippen LogP contribution >= 0.6 is 0 Å². The van der Waals surface area contributed by atoms with Crippen molar-refractivity contribution in [3.63, 3.8) is 0 Å². The highest BCUT2D eigenvalue weighted by Gasteiger charge is 2.54. The zero-order valence-electron chi connectivity index (χ0n) is 14.9. The molecule has 25 heavy (non-hydrogen) atoms. The number of carbonyl (C=O) groups excluding carboxylic acids is 1. The van der Waals surface area contributed by atoms with Crippen molar-refractivity contribution in [1.82, 2.24) is 19.2 Å². The molecule has 1 aromatic rings. The largest absolute Gasteiger partial charge is 0.348 e. The molecule has 0 unspecified atom stereocenters. The quantitative estimate of drug-likeness (QED) is 0.750. The van der Waals surface area contributed by atoms with Gasteiger partial charge in [0.2, 0.25) is 21.9 Å². The Morgan fingerprint density at radius 1 is 1.28 bits per heavy atom. The molecule has 9 heteroatoms. The van der Waals surface area contributed by atoms with E-state index in [2.05, 4.69) is 9.97 Å². The number of hydrogen-bond donors (Lipinski definition) is 0. The Bertz CT molecular complexity index is 739. The number of amides is 1. The minimum atomic E-state index is -3.28. The van der Waals surface area contributed by atoms with E-state index in [1.807, 2.05) is 4.90 Å². The summed E-state index contributed by atoms with van der Waals surface area (Å²) in [6.07, 6.45) is 5.94. The molecule has 0 saturated carbocycles. The Labute approximate surface area is 148 Å². The smallest absolute Gasteiger partial charge is 0.230 e. The molecular formula is C16H25N5O3S. The molecule has 3 rings (SSSR count). The van der Waals surface area contributed by atoms with Crippen LogP contribution in [0.2, 0.25) is 0 Å². The monoisotopic (exact) mass is 367 g/mol. The van der Waals surface area contributed by atoms with Gasteiger partial charge in [0, 0.05) is 58.6 Å². The second kappa shape index (κ2) is 6.53. The molecule has 1 amide bonds. The molecule has 0 aromatic carbocycles. The van der Waals surface area contributed by atoms with Gasteiger partial charge >= 0.3 is 0 Å². The van der Waals surface area contributed by atoms with Crippen molar-refractivity contribution in [2.75, 3.05) is 51.4 Å². The zero-order valence-corrected chi connectivity index (χ0v) is 15.7. The summed E-state index contributed by atoms with van der Waals surface area (Å²) < 4.78 is 25.7. The molecule has 138 valence electrons. The SMILES string of the molecule is CN(C)C(=O)[C@@]12CCCN(S(C)(=O)=O)C[C@@H]1CN(c1ncccn1)C2. The lowest BCUT2D eigenvalue weighted by atomic mass is 9.74. The number of rotatable bonds is 3. The highest BCUT2D eigenvalue weighted by molar-refractivity contribution is 7.88. The molecule has 2 aliphatic rings. The number of hydrogen-bond acceptors (Lipinski definition) is 6. The van der Waals surface area contributed by atoms with Crippen LogP contribution in [-0.4, -0.2) is 80.0 Å². The molecule has 0 radical (unpaired) electrons. The number of carbonyl (C=O) groups is 1. The minimum Gasteiger partial charge on any atom is -0.348 e. The fourth-order valence-electron chi connectivity index (χ4n) is 4.10. The van der Waals surface area contributed by atoms with Crippen LogP contribution in [0.5, 0.6) is 0 Å². The first-order chi connectivity index (χ1) is 11.7. The highest BCUT2D eigenvalue weighted by atomic mass is 32.2. The minimum absolute atomic E-state index is 0.0614. The molecule has 8 nitrogen and oxygen atoms in total. The van der Waals surface area contributed by atoms with E-state index >= 15 is 0 Å². The second-order valence-corrected chi connectivity index (χ2v) is 9.19. The van der Waals surface area contributed by atoms with E-state index in [9.17, 15) is 13.2 Å². The van der Waals surface area contributed by atoms with Crippen LogP contribution in [-0.2, 0) is 14.8 Å². The molecule has 3 heterocycles. The van der Waals surface area contributed by atoms with Gasteiger partial charge in [0.25, 0.3) is 0 Å². The van der Waals surface area contributed by atoms with Crippen LogP contribution in [0.1, 0.15) is 12.8 Å². The van der Waals surface area contributed by atoms with E-state index in [1.165, 1.54) is 10.6 Å². The molecule has 2 aliphatic heterocycles. The fourth-order valence-corrected chi connectivity index (χ4v) is 5.01. The van der Waals surface area contributed by atoms with Gasteiger partial charge in [0.05, 0.1) is 11.7 Å². The van der Waals surface area contributed by atoms with Crippen LogP contribution in [0, 0.1) is 11.3 Å². The van der Waals surface area contributed by atoms with Crippen LogP contribution in [0.4, 0.5) is 5.95 Å². The second-order valence-electron chi connectivity index (χ2n) is 7.21. The summed E-state index contributed by atoms with van der Waals surface area (Å²) in [5, 5.41) is 0. The number of anilines is 1. The number of nitrogens with zero attached hydrogens (tertiary/aromatic N) is 5. The van der Waals surface area contributed by atoms with Crippen LogP contribution < -0.4 is 4.90 Å². The van der Waals surface area contributed by atoms with Crippen LogP contribution in [0.15, 0.2) is 18.5 Å². The van der Waals surface area contributed by atoms with Crippen molar-refractivity contribution in [2.45, 2.75) is 12.8 Å². The average Bonchev–Trinajstić information content (AvgIpc) is 2.82. The summed E-state index contributed by atoms with van der Waals surface area (Å²) in [7, 11) is 0.234. The molecule has 0 spiro atoms. The number of fused-ring (bicyclic) bond motifs is 1. The van der Waals surface area contributed by atoms with Crippen molar-refractivity contribution in [1.29, 1.82) is 0 Å². The maximum Gasteiger partial charge on any atom is 0.230 e. The van der Waals surface area contributed by atoms with Gasteiger partial charge in [-0.2, -0.15) is 0 Å².